The maximum Gasteiger partial charge on any atom is 0.224 e. The maximum absolute atomic E-state index is 12.6. The molecule has 31 heavy (non-hydrogen) atoms. The summed E-state index contributed by atoms with van der Waals surface area (Å²) in [6, 6.07) is 6.09. The Hall–Kier alpha value is -2.10. The second kappa shape index (κ2) is 9.58. The quantitative estimate of drug-likeness (QED) is 0.483. The summed E-state index contributed by atoms with van der Waals surface area (Å²) >= 11 is 0. The highest BCUT2D eigenvalue weighted by atomic mass is 16.5. The van der Waals surface area contributed by atoms with E-state index in [1.54, 1.807) is 0 Å². The summed E-state index contributed by atoms with van der Waals surface area (Å²) < 4.78 is 5.90. The van der Waals surface area contributed by atoms with Gasteiger partial charge in [-0.2, -0.15) is 0 Å². The predicted octanol–water partition coefficient (Wildman–Crippen LogP) is 7.31. The summed E-state index contributed by atoms with van der Waals surface area (Å²) in [5.74, 6) is 2.79. The van der Waals surface area contributed by atoms with Gasteiger partial charge in [-0.25, -0.2) is 0 Å². The molecule has 0 radical (unpaired) electrons. The highest BCUT2D eigenvalue weighted by Crippen LogP contribution is 2.49. The van der Waals surface area contributed by atoms with Crippen molar-refractivity contribution in [1.82, 2.24) is 5.16 Å². The van der Waals surface area contributed by atoms with Crippen molar-refractivity contribution < 1.29 is 9.32 Å². The van der Waals surface area contributed by atoms with Gasteiger partial charge in [-0.3, -0.25) is 4.79 Å². The third-order valence-electron chi connectivity index (χ3n) is 6.69. The molecule has 1 aliphatic rings. The minimum atomic E-state index is 0.0282. The second-order valence-electron chi connectivity index (χ2n) is 10.9. The predicted molar refractivity (Wildman–Crippen MR) is 128 cm³/mol. The van der Waals surface area contributed by atoms with Crippen LogP contribution in [0.4, 0.5) is 5.69 Å². The molecule has 1 aromatic carbocycles. The van der Waals surface area contributed by atoms with Crippen molar-refractivity contribution >= 4 is 11.6 Å². The van der Waals surface area contributed by atoms with Crippen LogP contribution in [0.2, 0.25) is 0 Å². The lowest BCUT2D eigenvalue weighted by Crippen LogP contribution is -2.26. The number of hydrogen-bond donors (Lipinski definition) is 1. The highest BCUT2D eigenvalue weighted by molar-refractivity contribution is 5.91. The minimum absolute atomic E-state index is 0.0282. The van der Waals surface area contributed by atoms with Crippen LogP contribution >= 0.6 is 0 Å². The lowest BCUT2D eigenvalue weighted by molar-refractivity contribution is -0.116. The molecule has 1 amide bonds. The summed E-state index contributed by atoms with van der Waals surface area (Å²) in [5, 5.41) is 7.49. The number of anilines is 1. The van der Waals surface area contributed by atoms with Crippen LogP contribution in [-0.4, -0.2) is 11.1 Å². The van der Waals surface area contributed by atoms with Gasteiger partial charge in [0, 0.05) is 30.0 Å². The first-order valence-electron chi connectivity index (χ1n) is 11.9. The number of hydrogen-bond acceptors (Lipinski definition) is 3. The number of amides is 1. The standard InChI is InChI=1S/C27H40N2O2/c1-8-18(3)25-23(11-12-24(30)28-22-10-9-17(2)13-19(22)4)29-31-26(25)21-14-20(15-21)16-27(5,6)7/h9-10,13,18,20-21H,8,11-12,14-16H2,1-7H3,(H,28,30). The lowest BCUT2D eigenvalue weighted by atomic mass is 9.66. The molecule has 2 aromatic rings. The molecular formula is C27H40N2O2. The van der Waals surface area contributed by atoms with Gasteiger partial charge in [0.25, 0.3) is 0 Å². The van der Waals surface area contributed by atoms with Crippen LogP contribution in [0, 0.1) is 25.2 Å². The zero-order valence-corrected chi connectivity index (χ0v) is 20.5. The SMILES string of the molecule is CCC(C)c1c(CCC(=O)Nc2ccc(C)cc2C)noc1C1CC(CC(C)(C)C)C1. The van der Waals surface area contributed by atoms with E-state index >= 15 is 0 Å². The smallest absolute Gasteiger partial charge is 0.224 e. The molecule has 170 valence electrons. The van der Waals surface area contributed by atoms with Gasteiger partial charge in [-0.15, -0.1) is 0 Å². The minimum Gasteiger partial charge on any atom is -0.361 e. The highest BCUT2D eigenvalue weighted by Gasteiger charge is 2.38. The van der Waals surface area contributed by atoms with E-state index in [0.717, 1.165) is 35.0 Å². The van der Waals surface area contributed by atoms with Crippen molar-refractivity contribution in [3.8, 4) is 0 Å². The molecule has 1 atom stereocenters. The number of aromatic nitrogens is 1. The maximum atomic E-state index is 12.6. The third kappa shape index (κ3) is 5.99. The Balaban J connectivity index is 1.64. The van der Waals surface area contributed by atoms with Crippen LogP contribution in [0.1, 0.15) is 107 Å². The van der Waals surface area contributed by atoms with Crippen molar-refractivity contribution in [2.24, 2.45) is 11.3 Å². The van der Waals surface area contributed by atoms with Gasteiger partial charge < -0.3 is 9.84 Å². The molecule has 1 heterocycles. The van der Waals surface area contributed by atoms with E-state index < -0.39 is 0 Å². The summed E-state index contributed by atoms with van der Waals surface area (Å²) in [6.45, 7) is 15.5. The van der Waals surface area contributed by atoms with Gasteiger partial charge >= 0.3 is 0 Å². The van der Waals surface area contributed by atoms with E-state index in [9.17, 15) is 4.79 Å². The van der Waals surface area contributed by atoms with Crippen LogP contribution in [0.5, 0.6) is 0 Å². The normalized spacial score (nSPS) is 19.7. The van der Waals surface area contributed by atoms with Gasteiger partial charge in [0.05, 0.1) is 5.69 Å². The number of carbonyl (C=O) groups excluding carboxylic acids is 1. The van der Waals surface area contributed by atoms with Crippen LogP contribution in [0.3, 0.4) is 0 Å². The van der Waals surface area contributed by atoms with Crippen LogP contribution in [0.25, 0.3) is 0 Å². The molecule has 0 bridgehead atoms. The third-order valence-corrected chi connectivity index (χ3v) is 6.69. The van der Waals surface area contributed by atoms with Gasteiger partial charge in [0.15, 0.2) is 0 Å². The molecule has 0 saturated heterocycles. The first kappa shape index (κ1) is 23.6. The number of benzene rings is 1. The lowest BCUT2D eigenvalue weighted by Gasteiger charge is -2.38. The molecule has 0 spiro atoms. The van der Waals surface area contributed by atoms with Gasteiger partial charge in [0.2, 0.25) is 5.91 Å². The molecule has 0 aliphatic heterocycles. The van der Waals surface area contributed by atoms with E-state index in [1.807, 2.05) is 19.1 Å². The van der Waals surface area contributed by atoms with Crippen LogP contribution in [0.15, 0.2) is 22.7 Å². The molecule has 1 aliphatic carbocycles. The fourth-order valence-corrected chi connectivity index (χ4v) is 4.93. The second-order valence-corrected chi connectivity index (χ2v) is 10.9. The largest absolute Gasteiger partial charge is 0.361 e. The topological polar surface area (TPSA) is 55.1 Å². The molecule has 1 unspecified atom stereocenters. The molecule has 4 nitrogen and oxygen atoms in total. The summed E-state index contributed by atoms with van der Waals surface area (Å²) in [6.07, 6.45) is 5.75. The molecule has 1 saturated carbocycles. The summed E-state index contributed by atoms with van der Waals surface area (Å²) in [4.78, 5) is 12.6. The van der Waals surface area contributed by atoms with E-state index in [1.165, 1.54) is 30.4 Å². The Morgan fingerprint density at radius 1 is 1.26 bits per heavy atom. The first-order valence-corrected chi connectivity index (χ1v) is 11.9. The van der Waals surface area contributed by atoms with E-state index in [4.69, 9.17) is 4.52 Å². The number of aryl methyl sites for hydroxylation is 3. The Kier molecular flexibility index (Phi) is 7.28. The van der Waals surface area contributed by atoms with Crippen molar-refractivity contribution in [2.75, 3.05) is 5.32 Å². The Labute approximate surface area is 188 Å². The van der Waals surface area contributed by atoms with Crippen molar-refractivity contribution in [3.63, 3.8) is 0 Å². The van der Waals surface area contributed by atoms with Gasteiger partial charge in [-0.05, 0) is 68.4 Å². The first-order chi connectivity index (χ1) is 14.6. The average Bonchev–Trinajstić information content (AvgIpc) is 3.07. The Morgan fingerprint density at radius 2 is 1.97 bits per heavy atom. The van der Waals surface area contributed by atoms with E-state index in [-0.39, 0.29) is 5.91 Å². The fraction of sp³-hybridized carbons (Fsp3) is 0.630. The van der Waals surface area contributed by atoms with Crippen molar-refractivity contribution in [3.05, 3.63) is 46.3 Å². The van der Waals surface area contributed by atoms with E-state index in [0.29, 0.717) is 30.1 Å². The molecule has 4 heteroatoms. The van der Waals surface area contributed by atoms with E-state index in [2.05, 4.69) is 58.1 Å². The number of rotatable bonds is 8. The summed E-state index contributed by atoms with van der Waals surface area (Å²) in [5.41, 5.74) is 5.79. The monoisotopic (exact) mass is 424 g/mol. The number of nitrogens with zero attached hydrogens (tertiary/aromatic N) is 1. The fourth-order valence-electron chi connectivity index (χ4n) is 4.93. The molecule has 1 fully saturated rings. The van der Waals surface area contributed by atoms with Gasteiger partial charge in [-0.1, -0.05) is 57.5 Å². The van der Waals surface area contributed by atoms with Crippen molar-refractivity contribution in [1.29, 1.82) is 0 Å². The molecular weight excluding hydrogens is 384 g/mol. The molecule has 1 N–H and O–H groups in total. The number of nitrogens with one attached hydrogen (secondary N) is 1. The van der Waals surface area contributed by atoms with Crippen molar-refractivity contribution in [2.45, 2.75) is 98.8 Å². The number of carbonyl (C=O) groups is 1. The van der Waals surface area contributed by atoms with Gasteiger partial charge in [0.1, 0.15) is 5.76 Å². The zero-order valence-electron chi connectivity index (χ0n) is 20.5. The Morgan fingerprint density at radius 3 is 2.58 bits per heavy atom. The van der Waals surface area contributed by atoms with Crippen LogP contribution < -0.4 is 5.32 Å². The molecule has 1 aromatic heterocycles. The Bertz CT molecular complexity index is 900. The zero-order chi connectivity index (χ0) is 22.8. The van der Waals surface area contributed by atoms with Crippen LogP contribution in [-0.2, 0) is 11.2 Å². The molecule has 3 rings (SSSR count). The summed E-state index contributed by atoms with van der Waals surface area (Å²) in [7, 11) is 0. The average molecular weight is 425 g/mol.